The fourth-order valence-corrected chi connectivity index (χ4v) is 3.58. The van der Waals surface area contributed by atoms with Gasteiger partial charge < -0.3 is 14.3 Å². The van der Waals surface area contributed by atoms with Crippen LogP contribution in [0, 0.1) is 0 Å². The molecule has 1 aliphatic carbocycles. The first kappa shape index (κ1) is 15.3. The van der Waals surface area contributed by atoms with Crippen LogP contribution in [0.15, 0.2) is 52.3 Å². The quantitative estimate of drug-likeness (QED) is 0.690. The van der Waals surface area contributed by atoms with Gasteiger partial charge in [-0.2, -0.15) is 0 Å². The Labute approximate surface area is 144 Å². The predicted molar refractivity (Wildman–Crippen MR) is 94.0 cm³/mol. The fraction of sp³-hybridized carbons (Fsp3) is 0.333. The van der Waals surface area contributed by atoms with E-state index in [0.29, 0.717) is 11.8 Å². The van der Waals surface area contributed by atoms with Crippen molar-refractivity contribution in [3.63, 3.8) is 0 Å². The summed E-state index contributed by atoms with van der Waals surface area (Å²) in [6.45, 7) is 1.94. The third-order valence-corrected chi connectivity index (χ3v) is 5.14. The molecule has 0 radical (unpaired) electrons. The average molecular weight is 341 g/mol. The lowest BCUT2D eigenvalue weighted by molar-refractivity contribution is -0.119. The van der Waals surface area contributed by atoms with E-state index >= 15 is 0 Å². The highest BCUT2D eigenvalue weighted by atomic mass is 32.2. The van der Waals surface area contributed by atoms with Gasteiger partial charge in [0.05, 0.1) is 11.8 Å². The molecular weight excluding hydrogens is 322 g/mol. The van der Waals surface area contributed by atoms with Crippen LogP contribution >= 0.6 is 11.8 Å². The summed E-state index contributed by atoms with van der Waals surface area (Å²) in [6, 6.07) is 10.3. The van der Waals surface area contributed by atoms with E-state index in [0.717, 1.165) is 21.9 Å². The van der Waals surface area contributed by atoms with Crippen LogP contribution in [0.4, 0.5) is 0 Å². The van der Waals surface area contributed by atoms with Crippen molar-refractivity contribution in [2.45, 2.75) is 37.0 Å². The van der Waals surface area contributed by atoms with Gasteiger partial charge in [-0.25, -0.2) is 4.98 Å². The number of para-hydroxylation sites is 1. The van der Waals surface area contributed by atoms with Gasteiger partial charge in [-0.15, -0.1) is 0 Å². The molecule has 4 rings (SSSR count). The molecule has 24 heavy (non-hydrogen) atoms. The Bertz CT molecular complexity index is 833. The number of furan rings is 1. The Morgan fingerprint density at radius 2 is 2.29 bits per heavy atom. The molecule has 1 N–H and O–H groups in total. The van der Waals surface area contributed by atoms with Gasteiger partial charge in [-0.1, -0.05) is 30.0 Å². The van der Waals surface area contributed by atoms with Gasteiger partial charge in [0, 0.05) is 23.8 Å². The van der Waals surface area contributed by atoms with Crippen molar-refractivity contribution in [3.8, 4) is 0 Å². The molecule has 1 fully saturated rings. The molecule has 124 valence electrons. The zero-order valence-electron chi connectivity index (χ0n) is 13.4. The first-order chi connectivity index (χ1) is 11.7. The van der Waals surface area contributed by atoms with E-state index in [1.54, 1.807) is 6.20 Å². The maximum Gasteiger partial charge on any atom is 0.231 e. The highest BCUT2D eigenvalue weighted by Gasteiger charge is 2.25. The smallest absolute Gasteiger partial charge is 0.231 e. The fourth-order valence-electron chi connectivity index (χ4n) is 2.74. The Morgan fingerprint density at radius 3 is 3.08 bits per heavy atom. The molecule has 2 heterocycles. The van der Waals surface area contributed by atoms with Crippen LogP contribution in [0.2, 0.25) is 0 Å². The molecule has 0 saturated heterocycles. The largest absolute Gasteiger partial charge is 0.459 e. The Hall–Kier alpha value is -2.21. The second-order valence-corrected chi connectivity index (χ2v) is 7.06. The summed E-state index contributed by atoms with van der Waals surface area (Å²) in [5, 5.41) is 4.96. The summed E-state index contributed by atoms with van der Waals surface area (Å²) in [5.41, 5.74) is 0.842. The van der Waals surface area contributed by atoms with E-state index in [2.05, 4.69) is 14.9 Å². The lowest BCUT2D eigenvalue weighted by Gasteiger charge is -2.11. The highest BCUT2D eigenvalue weighted by Crippen LogP contribution is 2.37. The minimum absolute atomic E-state index is 0.0155. The number of benzene rings is 1. The molecule has 5 nitrogen and oxygen atoms in total. The van der Waals surface area contributed by atoms with Crippen LogP contribution in [0.1, 0.15) is 37.6 Å². The molecule has 1 aromatic carbocycles. The van der Waals surface area contributed by atoms with Crippen molar-refractivity contribution < 1.29 is 9.21 Å². The molecule has 2 aromatic heterocycles. The van der Waals surface area contributed by atoms with Crippen molar-refractivity contribution in [1.29, 1.82) is 0 Å². The van der Waals surface area contributed by atoms with Crippen molar-refractivity contribution in [2.75, 3.05) is 5.75 Å². The molecule has 1 amide bonds. The highest BCUT2D eigenvalue weighted by molar-refractivity contribution is 7.99. The number of carbonyl (C=O) groups excluding carboxylic acids is 1. The second-order valence-electron chi connectivity index (χ2n) is 6.11. The molecule has 1 aliphatic rings. The lowest BCUT2D eigenvalue weighted by atomic mass is 10.2. The normalized spacial score (nSPS) is 15.5. The summed E-state index contributed by atoms with van der Waals surface area (Å²) in [6.07, 6.45) is 6.21. The van der Waals surface area contributed by atoms with Gasteiger partial charge >= 0.3 is 0 Å². The van der Waals surface area contributed by atoms with Crippen LogP contribution in [-0.2, 0) is 4.79 Å². The minimum Gasteiger partial charge on any atom is -0.459 e. The zero-order chi connectivity index (χ0) is 16.5. The first-order valence-corrected chi connectivity index (χ1v) is 9.13. The Kier molecular flexibility index (Phi) is 4.06. The number of fused-ring (bicyclic) bond motifs is 1. The van der Waals surface area contributed by atoms with Crippen molar-refractivity contribution >= 4 is 28.6 Å². The van der Waals surface area contributed by atoms with Gasteiger partial charge in [0.1, 0.15) is 11.3 Å². The van der Waals surface area contributed by atoms with Gasteiger partial charge in [0.15, 0.2) is 5.16 Å². The number of imidazole rings is 1. The molecule has 1 atom stereocenters. The SMILES string of the molecule is C[C@H](NC(=O)CSc1nccn1C1CC1)c1cc2ccccc2o1. The van der Waals surface area contributed by atoms with Crippen molar-refractivity contribution in [3.05, 3.63) is 48.5 Å². The summed E-state index contributed by atoms with van der Waals surface area (Å²) in [4.78, 5) is 16.6. The standard InChI is InChI=1S/C18H19N3O2S/c1-12(16-10-13-4-2-3-5-15(13)23-16)20-17(22)11-24-18-19-8-9-21(18)14-6-7-14/h2-5,8-10,12,14H,6-7,11H2,1H3,(H,20,22)/t12-/m0/s1. The number of carbonyl (C=O) groups is 1. The van der Waals surface area contributed by atoms with E-state index in [1.165, 1.54) is 24.6 Å². The van der Waals surface area contributed by atoms with Gasteiger partial charge in [0.25, 0.3) is 0 Å². The van der Waals surface area contributed by atoms with E-state index in [-0.39, 0.29) is 11.9 Å². The third-order valence-electron chi connectivity index (χ3n) is 4.15. The van der Waals surface area contributed by atoms with E-state index in [9.17, 15) is 4.79 Å². The van der Waals surface area contributed by atoms with Gasteiger partial charge in [-0.3, -0.25) is 4.79 Å². The number of aromatic nitrogens is 2. The molecule has 3 aromatic rings. The molecule has 0 unspecified atom stereocenters. The van der Waals surface area contributed by atoms with Crippen molar-refractivity contribution in [1.82, 2.24) is 14.9 Å². The minimum atomic E-state index is -0.159. The average Bonchev–Trinajstić information content (AvgIpc) is 3.16. The zero-order valence-corrected chi connectivity index (χ0v) is 14.3. The summed E-state index contributed by atoms with van der Waals surface area (Å²) in [7, 11) is 0. The molecule has 0 spiro atoms. The van der Waals surface area contributed by atoms with Crippen LogP contribution in [0.5, 0.6) is 0 Å². The molecule has 0 bridgehead atoms. The van der Waals surface area contributed by atoms with E-state index in [4.69, 9.17) is 4.42 Å². The summed E-state index contributed by atoms with van der Waals surface area (Å²) < 4.78 is 7.97. The Morgan fingerprint density at radius 1 is 1.46 bits per heavy atom. The van der Waals surface area contributed by atoms with E-state index < -0.39 is 0 Å². The number of rotatable bonds is 6. The molecule has 1 saturated carbocycles. The molecular formula is C18H19N3O2S. The molecule has 6 heteroatoms. The topological polar surface area (TPSA) is 60.1 Å². The monoisotopic (exact) mass is 341 g/mol. The van der Waals surface area contributed by atoms with Crippen LogP contribution < -0.4 is 5.32 Å². The maximum atomic E-state index is 12.2. The van der Waals surface area contributed by atoms with Crippen molar-refractivity contribution in [2.24, 2.45) is 0 Å². The van der Waals surface area contributed by atoms with Crippen LogP contribution in [0.3, 0.4) is 0 Å². The predicted octanol–water partition coefficient (Wildman–Crippen LogP) is 3.93. The molecule has 0 aliphatic heterocycles. The number of hydrogen-bond acceptors (Lipinski definition) is 4. The number of nitrogens with zero attached hydrogens (tertiary/aromatic N) is 2. The Balaban J connectivity index is 1.35. The number of nitrogens with one attached hydrogen (secondary N) is 1. The summed E-state index contributed by atoms with van der Waals surface area (Å²) >= 11 is 1.48. The third kappa shape index (κ3) is 3.19. The van der Waals surface area contributed by atoms with Crippen LogP contribution in [-0.4, -0.2) is 21.2 Å². The van der Waals surface area contributed by atoms with Crippen LogP contribution in [0.25, 0.3) is 11.0 Å². The second kappa shape index (κ2) is 6.36. The van der Waals surface area contributed by atoms with E-state index in [1.807, 2.05) is 43.5 Å². The maximum absolute atomic E-state index is 12.2. The lowest BCUT2D eigenvalue weighted by Crippen LogP contribution is -2.28. The number of hydrogen-bond donors (Lipinski definition) is 1. The number of amides is 1. The van der Waals surface area contributed by atoms with Gasteiger partial charge in [0.2, 0.25) is 5.91 Å². The summed E-state index contributed by atoms with van der Waals surface area (Å²) in [5.74, 6) is 1.11. The number of thioether (sulfide) groups is 1. The van der Waals surface area contributed by atoms with Gasteiger partial charge in [-0.05, 0) is 31.9 Å². The first-order valence-electron chi connectivity index (χ1n) is 8.14.